The van der Waals surface area contributed by atoms with Crippen molar-refractivity contribution in [2.45, 2.75) is 6.10 Å². The maximum atomic E-state index is 10.3. The van der Waals surface area contributed by atoms with Crippen LogP contribution in [0.15, 0.2) is 54.7 Å². The summed E-state index contributed by atoms with van der Waals surface area (Å²) >= 11 is 5.94. The molecule has 3 rings (SSSR count). The highest BCUT2D eigenvalue weighted by Crippen LogP contribution is 2.26. The number of hydrogen-bond donors (Lipinski definition) is 2. The second kappa shape index (κ2) is 4.48. The zero-order valence-corrected chi connectivity index (χ0v) is 10.4. The first kappa shape index (κ1) is 11.3. The molecule has 0 bridgehead atoms. The molecule has 2 aromatic carbocycles. The van der Waals surface area contributed by atoms with Crippen LogP contribution in [0.2, 0.25) is 5.02 Å². The summed E-state index contributed by atoms with van der Waals surface area (Å²) in [5.41, 5.74) is 2.73. The first-order chi connectivity index (χ1) is 8.74. The van der Waals surface area contributed by atoms with Crippen LogP contribution in [0.5, 0.6) is 0 Å². The van der Waals surface area contributed by atoms with Crippen LogP contribution in [0.25, 0.3) is 10.9 Å². The molecule has 0 fully saturated rings. The molecule has 0 amide bonds. The number of aromatic nitrogens is 1. The maximum absolute atomic E-state index is 10.3. The predicted octanol–water partition coefficient (Wildman–Crippen LogP) is 3.90. The molecule has 1 atom stereocenters. The molecule has 0 radical (unpaired) electrons. The Hall–Kier alpha value is -1.77. The Morgan fingerprint density at radius 2 is 1.83 bits per heavy atom. The lowest BCUT2D eigenvalue weighted by Crippen LogP contribution is -1.99. The van der Waals surface area contributed by atoms with Gasteiger partial charge in [0.1, 0.15) is 6.10 Å². The third-order valence-corrected chi connectivity index (χ3v) is 3.29. The van der Waals surface area contributed by atoms with Crippen LogP contribution >= 0.6 is 11.6 Å². The smallest absolute Gasteiger partial charge is 0.104 e. The van der Waals surface area contributed by atoms with Crippen LogP contribution < -0.4 is 0 Å². The molecule has 2 N–H and O–H groups in total. The van der Waals surface area contributed by atoms with Gasteiger partial charge in [0, 0.05) is 16.7 Å². The summed E-state index contributed by atoms with van der Waals surface area (Å²) in [7, 11) is 0. The van der Waals surface area contributed by atoms with Gasteiger partial charge in [-0.3, -0.25) is 0 Å². The fraction of sp³-hybridized carbons (Fsp3) is 0.0667. The summed E-state index contributed by atoms with van der Waals surface area (Å²) in [6, 6.07) is 15.2. The van der Waals surface area contributed by atoms with Crippen molar-refractivity contribution < 1.29 is 5.11 Å². The van der Waals surface area contributed by atoms with E-state index in [-0.39, 0.29) is 0 Å². The number of benzene rings is 2. The summed E-state index contributed by atoms with van der Waals surface area (Å²) < 4.78 is 0. The van der Waals surface area contributed by atoms with E-state index in [2.05, 4.69) is 4.98 Å². The molecular formula is C15H12ClNO. The zero-order valence-electron chi connectivity index (χ0n) is 9.60. The average Bonchev–Trinajstić information content (AvgIpc) is 2.85. The molecule has 0 saturated heterocycles. The highest BCUT2D eigenvalue weighted by atomic mass is 35.5. The van der Waals surface area contributed by atoms with Crippen molar-refractivity contribution in [2.24, 2.45) is 0 Å². The third-order valence-electron chi connectivity index (χ3n) is 3.06. The van der Waals surface area contributed by atoms with Gasteiger partial charge in [-0.05, 0) is 46.8 Å². The van der Waals surface area contributed by atoms with E-state index >= 15 is 0 Å². The molecule has 0 aliphatic heterocycles. The quantitative estimate of drug-likeness (QED) is 0.718. The van der Waals surface area contributed by atoms with Crippen LogP contribution in [0, 0.1) is 0 Å². The first-order valence-electron chi connectivity index (χ1n) is 5.74. The highest BCUT2D eigenvalue weighted by molar-refractivity contribution is 6.30. The fourth-order valence-electron chi connectivity index (χ4n) is 2.11. The van der Waals surface area contributed by atoms with E-state index in [0.29, 0.717) is 5.02 Å². The molecule has 3 aromatic rings. The highest BCUT2D eigenvalue weighted by Gasteiger charge is 2.11. The van der Waals surface area contributed by atoms with E-state index < -0.39 is 6.10 Å². The summed E-state index contributed by atoms with van der Waals surface area (Å²) in [6.45, 7) is 0. The lowest BCUT2D eigenvalue weighted by atomic mass is 10.0. The van der Waals surface area contributed by atoms with E-state index in [1.165, 1.54) is 0 Å². The van der Waals surface area contributed by atoms with Gasteiger partial charge in [-0.1, -0.05) is 29.8 Å². The molecule has 90 valence electrons. The van der Waals surface area contributed by atoms with Gasteiger partial charge < -0.3 is 10.1 Å². The van der Waals surface area contributed by atoms with Gasteiger partial charge in [0.2, 0.25) is 0 Å². The van der Waals surface area contributed by atoms with Gasteiger partial charge in [-0.25, -0.2) is 0 Å². The van der Waals surface area contributed by atoms with E-state index in [0.717, 1.165) is 22.0 Å². The molecule has 2 nitrogen and oxygen atoms in total. The zero-order chi connectivity index (χ0) is 12.5. The Morgan fingerprint density at radius 1 is 1.00 bits per heavy atom. The second-order valence-electron chi connectivity index (χ2n) is 4.28. The molecular weight excluding hydrogens is 246 g/mol. The van der Waals surface area contributed by atoms with Crippen molar-refractivity contribution in [2.75, 3.05) is 0 Å². The van der Waals surface area contributed by atoms with E-state index in [9.17, 15) is 5.11 Å². The number of rotatable bonds is 2. The molecule has 1 heterocycles. The van der Waals surface area contributed by atoms with Crippen molar-refractivity contribution in [3.63, 3.8) is 0 Å². The van der Waals surface area contributed by atoms with Gasteiger partial charge >= 0.3 is 0 Å². The normalized spacial score (nSPS) is 12.8. The SMILES string of the molecule is OC(c1cccc(Cl)c1)c1ccc2[nH]ccc2c1. The number of H-pyrrole nitrogens is 1. The van der Waals surface area contributed by atoms with Crippen LogP contribution in [-0.2, 0) is 0 Å². The Labute approximate surface area is 110 Å². The van der Waals surface area contributed by atoms with E-state index in [1.807, 2.05) is 42.6 Å². The number of aliphatic hydroxyl groups is 1. The van der Waals surface area contributed by atoms with Gasteiger partial charge in [0.05, 0.1) is 0 Å². The van der Waals surface area contributed by atoms with Crippen LogP contribution in [0.1, 0.15) is 17.2 Å². The number of aliphatic hydroxyl groups excluding tert-OH is 1. The second-order valence-corrected chi connectivity index (χ2v) is 4.72. The third kappa shape index (κ3) is 2.01. The topological polar surface area (TPSA) is 36.0 Å². The number of hydrogen-bond acceptors (Lipinski definition) is 1. The summed E-state index contributed by atoms with van der Waals surface area (Å²) in [5, 5.41) is 12.1. The summed E-state index contributed by atoms with van der Waals surface area (Å²) in [5.74, 6) is 0. The number of nitrogens with one attached hydrogen (secondary N) is 1. The molecule has 0 spiro atoms. The van der Waals surface area contributed by atoms with Crippen LogP contribution in [0.4, 0.5) is 0 Å². The van der Waals surface area contributed by atoms with Crippen LogP contribution in [0.3, 0.4) is 0 Å². The monoisotopic (exact) mass is 257 g/mol. The minimum atomic E-state index is -0.650. The summed E-state index contributed by atoms with van der Waals surface area (Å²) in [4.78, 5) is 3.13. The molecule has 0 aliphatic rings. The van der Waals surface area contributed by atoms with Crippen LogP contribution in [-0.4, -0.2) is 10.1 Å². The molecule has 1 aromatic heterocycles. The Balaban J connectivity index is 2.02. The maximum Gasteiger partial charge on any atom is 0.104 e. The fourth-order valence-corrected chi connectivity index (χ4v) is 2.31. The molecule has 18 heavy (non-hydrogen) atoms. The van der Waals surface area contributed by atoms with Gasteiger partial charge in [0.25, 0.3) is 0 Å². The average molecular weight is 258 g/mol. The van der Waals surface area contributed by atoms with Crippen molar-refractivity contribution >= 4 is 22.5 Å². The van der Waals surface area contributed by atoms with E-state index in [4.69, 9.17) is 11.6 Å². The first-order valence-corrected chi connectivity index (χ1v) is 6.12. The standard InChI is InChI=1S/C15H12ClNO/c16-13-3-1-2-11(9-13)15(18)12-4-5-14-10(8-12)6-7-17-14/h1-9,15,17-18H. The molecule has 3 heteroatoms. The largest absolute Gasteiger partial charge is 0.384 e. The summed E-state index contributed by atoms with van der Waals surface area (Å²) in [6.07, 6.45) is 1.24. The Kier molecular flexibility index (Phi) is 2.82. The van der Waals surface area contributed by atoms with Crippen molar-refractivity contribution in [1.82, 2.24) is 4.98 Å². The lowest BCUT2D eigenvalue weighted by molar-refractivity contribution is 0.220. The van der Waals surface area contributed by atoms with Gasteiger partial charge in [0.15, 0.2) is 0 Å². The van der Waals surface area contributed by atoms with Gasteiger partial charge in [-0.15, -0.1) is 0 Å². The minimum absolute atomic E-state index is 0.634. The lowest BCUT2D eigenvalue weighted by Gasteiger charge is -2.12. The molecule has 0 aliphatic carbocycles. The Bertz CT molecular complexity index is 690. The molecule has 0 saturated carbocycles. The van der Waals surface area contributed by atoms with Crippen molar-refractivity contribution in [3.05, 3.63) is 70.9 Å². The number of aromatic amines is 1. The number of fused-ring (bicyclic) bond motifs is 1. The van der Waals surface area contributed by atoms with E-state index in [1.54, 1.807) is 12.1 Å². The molecule has 1 unspecified atom stereocenters. The van der Waals surface area contributed by atoms with Crippen molar-refractivity contribution in [1.29, 1.82) is 0 Å². The van der Waals surface area contributed by atoms with Crippen molar-refractivity contribution in [3.8, 4) is 0 Å². The Morgan fingerprint density at radius 3 is 2.67 bits per heavy atom. The van der Waals surface area contributed by atoms with Gasteiger partial charge in [-0.2, -0.15) is 0 Å². The minimum Gasteiger partial charge on any atom is -0.384 e. The number of halogens is 1. The predicted molar refractivity (Wildman–Crippen MR) is 73.8 cm³/mol.